The van der Waals surface area contributed by atoms with Crippen molar-refractivity contribution in [3.63, 3.8) is 0 Å². The van der Waals surface area contributed by atoms with Gasteiger partial charge in [-0.3, -0.25) is 0 Å². The molecule has 4 aliphatic carbocycles. The third-order valence-corrected chi connectivity index (χ3v) is 12.4. The van der Waals surface area contributed by atoms with Crippen LogP contribution in [0.15, 0.2) is 18.2 Å². The van der Waals surface area contributed by atoms with E-state index in [1.165, 1.54) is 76.2 Å². The molecule has 0 aliphatic heterocycles. The van der Waals surface area contributed by atoms with Crippen LogP contribution in [0, 0.1) is 52.3 Å². The summed E-state index contributed by atoms with van der Waals surface area (Å²) in [5.74, 6) is 6.61. The molecule has 0 aromatic heterocycles. The highest BCUT2D eigenvalue weighted by Gasteiger charge is 2.60. The summed E-state index contributed by atoms with van der Waals surface area (Å²) in [6.07, 6.45) is 20.3. The predicted octanol–water partition coefficient (Wildman–Crippen LogP) is 8.89. The van der Waals surface area contributed by atoms with E-state index in [-0.39, 0.29) is 0 Å². The summed E-state index contributed by atoms with van der Waals surface area (Å²) in [6, 6.07) is 5.95. The lowest BCUT2D eigenvalue weighted by molar-refractivity contribution is -0.114. The van der Waals surface area contributed by atoms with Gasteiger partial charge in [0, 0.05) is 11.4 Å². The topological polar surface area (TPSA) is 52.0 Å². The van der Waals surface area contributed by atoms with Gasteiger partial charge in [0.15, 0.2) is 0 Å². The van der Waals surface area contributed by atoms with Crippen molar-refractivity contribution in [1.82, 2.24) is 0 Å². The molecular weight excluding hydrogens is 424 g/mol. The molecule has 0 heterocycles. The summed E-state index contributed by atoms with van der Waals surface area (Å²) in [5, 5.41) is 0. The van der Waals surface area contributed by atoms with Gasteiger partial charge in [-0.1, -0.05) is 59.8 Å². The Labute approximate surface area is 216 Å². The lowest BCUT2D eigenvalue weighted by atomic mass is 9.44. The van der Waals surface area contributed by atoms with Gasteiger partial charge in [-0.25, -0.2) is 0 Å². The Kier molecular flexibility index (Phi) is 7.23. The standard InChI is InChI=1S/C33H54N2/c1-22(20-24-21-26(34)12-16-31(24)35)8-7-9-23(2)28-14-15-29-27-13-11-25-10-5-6-18-32(25,3)30(27)17-19-33(28,29)4/h12,16,21-23,25,27-30H,5-11,13-15,17-20,34-35H2,1-4H3/t22?,23?,25?,27-,28+,29-,30-,32-,33+/m0/s1. The van der Waals surface area contributed by atoms with Gasteiger partial charge < -0.3 is 11.5 Å². The third kappa shape index (κ3) is 4.66. The molecule has 2 heteroatoms. The molecule has 1 aromatic rings. The Hall–Kier alpha value is -1.18. The number of benzene rings is 1. The second-order valence-corrected chi connectivity index (χ2v) is 14.3. The van der Waals surface area contributed by atoms with Gasteiger partial charge in [0.05, 0.1) is 0 Å². The summed E-state index contributed by atoms with van der Waals surface area (Å²) < 4.78 is 0. The van der Waals surface area contributed by atoms with E-state index in [0.717, 1.165) is 53.3 Å². The van der Waals surface area contributed by atoms with Crippen molar-refractivity contribution < 1.29 is 0 Å². The maximum absolute atomic E-state index is 6.21. The van der Waals surface area contributed by atoms with Crippen LogP contribution in [0.5, 0.6) is 0 Å². The Bertz CT molecular complexity index is 878. The maximum atomic E-state index is 6.21. The van der Waals surface area contributed by atoms with Gasteiger partial charge in [0.1, 0.15) is 0 Å². The Morgan fingerprint density at radius 1 is 0.857 bits per heavy atom. The molecule has 35 heavy (non-hydrogen) atoms. The monoisotopic (exact) mass is 478 g/mol. The van der Waals surface area contributed by atoms with Crippen LogP contribution < -0.4 is 11.5 Å². The molecule has 4 fully saturated rings. The number of fused-ring (bicyclic) bond motifs is 5. The van der Waals surface area contributed by atoms with Crippen molar-refractivity contribution in [2.75, 3.05) is 11.5 Å². The van der Waals surface area contributed by atoms with Gasteiger partial charge in [-0.2, -0.15) is 0 Å². The van der Waals surface area contributed by atoms with Crippen LogP contribution >= 0.6 is 0 Å². The average Bonchev–Trinajstić information content (AvgIpc) is 3.18. The first kappa shape index (κ1) is 25.5. The van der Waals surface area contributed by atoms with Crippen LogP contribution in [-0.2, 0) is 6.42 Å². The van der Waals surface area contributed by atoms with Gasteiger partial charge >= 0.3 is 0 Å². The van der Waals surface area contributed by atoms with E-state index < -0.39 is 0 Å². The van der Waals surface area contributed by atoms with E-state index in [1.807, 2.05) is 12.1 Å². The number of hydrogen-bond donors (Lipinski definition) is 2. The first-order valence-corrected chi connectivity index (χ1v) is 15.4. The van der Waals surface area contributed by atoms with E-state index in [0.29, 0.717) is 16.7 Å². The highest BCUT2D eigenvalue weighted by Crippen LogP contribution is 2.68. The van der Waals surface area contributed by atoms with Crippen LogP contribution in [0.3, 0.4) is 0 Å². The van der Waals surface area contributed by atoms with Gasteiger partial charge in [-0.05, 0) is 134 Å². The van der Waals surface area contributed by atoms with E-state index in [1.54, 1.807) is 12.8 Å². The second-order valence-electron chi connectivity index (χ2n) is 14.3. The van der Waals surface area contributed by atoms with E-state index in [2.05, 4.69) is 33.8 Å². The highest BCUT2D eigenvalue weighted by atomic mass is 14.6. The number of anilines is 2. The Balaban J connectivity index is 1.16. The first-order chi connectivity index (χ1) is 16.7. The molecule has 0 bridgehead atoms. The molecule has 2 nitrogen and oxygen atoms in total. The molecule has 0 radical (unpaired) electrons. The fourth-order valence-corrected chi connectivity index (χ4v) is 10.5. The van der Waals surface area contributed by atoms with Crippen LogP contribution in [-0.4, -0.2) is 0 Å². The Morgan fingerprint density at radius 3 is 2.49 bits per heavy atom. The van der Waals surface area contributed by atoms with Crippen molar-refractivity contribution in [2.45, 2.75) is 118 Å². The molecule has 0 spiro atoms. The third-order valence-electron chi connectivity index (χ3n) is 12.4. The predicted molar refractivity (Wildman–Crippen MR) is 151 cm³/mol. The summed E-state index contributed by atoms with van der Waals surface area (Å²) >= 11 is 0. The molecule has 1 aromatic carbocycles. The average molecular weight is 479 g/mol. The normalized spacial score (nSPS) is 40.4. The molecule has 0 amide bonds. The molecule has 5 rings (SSSR count). The number of nitrogens with two attached hydrogens (primary N) is 2. The molecule has 196 valence electrons. The summed E-state index contributed by atoms with van der Waals surface area (Å²) in [7, 11) is 0. The van der Waals surface area contributed by atoms with Crippen LogP contribution in [0.25, 0.3) is 0 Å². The second kappa shape index (κ2) is 9.94. The van der Waals surface area contributed by atoms with Crippen LogP contribution in [0.4, 0.5) is 11.4 Å². The van der Waals surface area contributed by atoms with Gasteiger partial charge in [0.2, 0.25) is 0 Å². The molecule has 4 saturated carbocycles. The van der Waals surface area contributed by atoms with Crippen LogP contribution in [0.1, 0.15) is 117 Å². The largest absolute Gasteiger partial charge is 0.399 e. The van der Waals surface area contributed by atoms with Crippen molar-refractivity contribution >= 4 is 11.4 Å². The zero-order valence-corrected chi connectivity index (χ0v) is 23.3. The lowest BCUT2D eigenvalue weighted by Crippen LogP contribution is -2.53. The van der Waals surface area contributed by atoms with E-state index in [9.17, 15) is 0 Å². The van der Waals surface area contributed by atoms with E-state index >= 15 is 0 Å². The van der Waals surface area contributed by atoms with E-state index in [4.69, 9.17) is 11.5 Å². The number of rotatable bonds is 7. The van der Waals surface area contributed by atoms with Crippen molar-refractivity contribution in [1.29, 1.82) is 0 Å². The summed E-state index contributed by atoms with van der Waals surface area (Å²) in [4.78, 5) is 0. The van der Waals surface area contributed by atoms with Crippen molar-refractivity contribution in [3.05, 3.63) is 23.8 Å². The highest BCUT2D eigenvalue weighted by molar-refractivity contribution is 5.55. The zero-order chi connectivity index (χ0) is 24.8. The number of nitrogen functional groups attached to an aromatic ring is 2. The minimum Gasteiger partial charge on any atom is -0.399 e. The fourth-order valence-electron chi connectivity index (χ4n) is 10.5. The molecule has 4 N–H and O–H groups in total. The van der Waals surface area contributed by atoms with Crippen molar-refractivity contribution in [3.8, 4) is 0 Å². The molecule has 4 aliphatic rings. The summed E-state index contributed by atoms with van der Waals surface area (Å²) in [6.45, 7) is 10.5. The minimum atomic E-state index is 0.611. The van der Waals surface area contributed by atoms with Crippen LogP contribution in [0.2, 0.25) is 0 Å². The van der Waals surface area contributed by atoms with Gasteiger partial charge in [-0.15, -0.1) is 0 Å². The zero-order valence-electron chi connectivity index (χ0n) is 23.3. The quantitative estimate of drug-likeness (QED) is 0.384. The molecule has 9 atom stereocenters. The van der Waals surface area contributed by atoms with Gasteiger partial charge in [0.25, 0.3) is 0 Å². The Morgan fingerprint density at radius 2 is 1.66 bits per heavy atom. The summed E-state index contributed by atoms with van der Waals surface area (Å²) in [5.41, 5.74) is 16.5. The fraction of sp³-hybridized carbons (Fsp3) is 0.818. The maximum Gasteiger partial charge on any atom is 0.0348 e. The SMILES string of the molecule is CC(CCCC(C)[C@H]1CC[C@H]2[C@@H]3CCC4CCCC[C@]4(C)[C@H]3CC[C@]12C)Cc1cc(N)ccc1N. The molecule has 3 unspecified atom stereocenters. The smallest absolute Gasteiger partial charge is 0.0348 e. The lowest BCUT2D eigenvalue weighted by Gasteiger charge is -2.61. The minimum absolute atomic E-state index is 0.611. The first-order valence-electron chi connectivity index (χ1n) is 15.4. The number of hydrogen-bond acceptors (Lipinski definition) is 2. The molecule has 0 saturated heterocycles. The molecular formula is C33H54N2. The van der Waals surface area contributed by atoms with Crippen molar-refractivity contribution in [2.24, 2.45) is 52.3 Å².